The Morgan fingerprint density at radius 1 is 1.02 bits per heavy atom. The van der Waals surface area contributed by atoms with Crippen LogP contribution in [0.1, 0.15) is 35.2 Å². The minimum absolute atomic E-state index is 0.113. The van der Waals surface area contributed by atoms with Crippen LogP contribution in [0.3, 0.4) is 0 Å². The third-order valence-electron chi connectivity index (χ3n) is 9.25. The molecule has 0 aliphatic carbocycles. The molecule has 1 aliphatic heterocycles. The van der Waals surface area contributed by atoms with Crippen LogP contribution in [-0.4, -0.2) is 82.4 Å². The molecule has 1 amide bonds. The number of sulfonamides is 1. The fourth-order valence-corrected chi connectivity index (χ4v) is 8.16. The number of hydrogen-bond donors (Lipinski definition) is 2. The van der Waals surface area contributed by atoms with Gasteiger partial charge in [0.15, 0.2) is 0 Å². The smallest absolute Gasteiger partial charge is 0.293 e. The van der Waals surface area contributed by atoms with E-state index in [1.54, 1.807) is 43.1 Å². The summed E-state index contributed by atoms with van der Waals surface area (Å²) in [6.45, 7) is 2.03. The monoisotopic (exact) mass is 749 g/mol. The molecular weight excluding hydrogens is 706 g/mol. The van der Waals surface area contributed by atoms with Crippen LogP contribution < -0.4 is 14.9 Å². The van der Waals surface area contributed by atoms with Crippen molar-refractivity contribution in [3.8, 4) is 0 Å². The molecule has 1 saturated heterocycles. The maximum atomic E-state index is 14.3. The lowest BCUT2D eigenvalue weighted by atomic mass is 9.84. The molecule has 0 bridgehead atoms. The SMILES string of the molecule is COC1(Cc2ccccc2F)CCN(c2ccc(C(=O)NS(=O)(=O)c3ccc(NC(CCN(C)C)CSc4ccccc4)c([N+](=O)[O-])c3)cc2)CC1. The van der Waals surface area contributed by atoms with E-state index in [2.05, 4.69) is 14.9 Å². The van der Waals surface area contributed by atoms with Crippen molar-refractivity contribution in [1.82, 2.24) is 9.62 Å². The number of nitro benzene ring substituents is 1. The van der Waals surface area contributed by atoms with Crippen molar-refractivity contribution < 1.29 is 27.3 Å². The van der Waals surface area contributed by atoms with Crippen LogP contribution in [0.25, 0.3) is 0 Å². The number of hydrogen-bond acceptors (Lipinski definition) is 10. The summed E-state index contributed by atoms with van der Waals surface area (Å²) in [6, 6.07) is 26.5. The van der Waals surface area contributed by atoms with E-state index in [1.807, 2.05) is 55.4 Å². The van der Waals surface area contributed by atoms with Gasteiger partial charge in [-0.3, -0.25) is 14.9 Å². The molecule has 2 N–H and O–H groups in total. The summed E-state index contributed by atoms with van der Waals surface area (Å²) < 4.78 is 48.9. The highest BCUT2D eigenvalue weighted by molar-refractivity contribution is 7.99. The average Bonchev–Trinajstić information content (AvgIpc) is 3.14. The largest absolute Gasteiger partial charge is 0.378 e. The Labute approximate surface area is 308 Å². The molecule has 0 aromatic heterocycles. The van der Waals surface area contributed by atoms with E-state index < -0.39 is 37.0 Å². The molecule has 0 spiro atoms. The van der Waals surface area contributed by atoms with Crippen molar-refractivity contribution in [3.05, 3.63) is 124 Å². The van der Waals surface area contributed by atoms with Gasteiger partial charge in [0.1, 0.15) is 11.5 Å². The number of halogens is 1. The van der Waals surface area contributed by atoms with Crippen molar-refractivity contribution >= 4 is 44.8 Å². The summed E-state index contributed by atoms with van der Waals surface area (Å²) >= 11 is 1.62. The fraction of sp³-hybridized carbons (Fsp3) is 0.342. The Balaban J connectivity index is 1.23. The summed E-state index contributed by atoms with van der Waals surface area (Å²) in [7, 11) is 1.10. The summed E-state index contributed by atoms with van der Waals surface area (Å²) in [4.78, 5) is 29.4. The molecular formula is C38H44FN5O6S2. The topological polar surface area (TPSA) is 134 Å². The van der Waals surface area contributed by atoms with Crippen LogP contribution in [0.5, 0.6) is 0 Å². The number of thioether (sulfide) groups is 1. The second-order valence-corrected chi connectivity index (χ2v) is 15.9. The lowest BCUT2D eigenvalue weighted by molar-refractivity contribution is -0.384. The van der Waals surface area contributed by atoms with E-state index >= 15 is 0 Å². The summed E-state index contributed by atoms with van der Waals surface area (Å²) in [6.07, 6.45) is 2.50. The van der Waals surface area contributed by atoms with Gasteiger partial charge in [0, 0.05) is 60.6 Å². The molecule has 1 heterocycles. The summed E-state index contributed by atoms with van der Waals surface area (Å²) in [5, 5.41) is 15.4. The average molecular weight is 750 g/mol. The second kappa shape index (κ2) is 17.3. The minimum Gasteiger partial charge on any atom is -0.378 e. The predicted octanol–water partition coefficient (Wildman–Crippen LogP) is 6.61. The van der Waals surface area contributed by atoms with Gasteiger partial charge in [-0.1, -0.05) is 36.4 Å². The number of nitro groups is 1. The molecule has 1 fully saturated rings. The second-order valence-electron chi connectivity index (χ2n) is 13.1. The maximum absolute atomic E-state index is 14.3. The zero-order valence-electron chi connectivity index (χ0n) is 29.5. The van der Waals surface area contributed by atoms with Gasteiger partial charge in [0.2, 0.25) is 0 Å². The Bertz CT molecular complexity index is 1940. The lowest BCUT2D eigenvalue weighted by Crippen LogP contribution is -2.47. The van der Waals surface area contributed by atoms with E-state index in [1.165, 1.54) is 30.3 Å². The van der Waals surface area contributed by atoms with Crippen LogP contribution in [0.4, 0.5) is 21.5 Å². The Hall–Kier alpha value is -4.50. The van der Waals surface area contributed by atoms with E-state index in [-0.39, 0.29) is 23.1 Å². The molecule has 1 aliphatic rings. The van der Waals surface area contributed by atoms with Gasteiger partial charge < -0.3 is 19.9 Å². The standard InChI is InChI=1S/C38H44FN5O6S2/c1-42(2)22-19-30(27-51-32-10-5-4-6-11-32)40-35-18-17-33(25-36(35)44(46)47)52(48,49)41-37(45)28-13-15-31(16-14-28)43-23-20-38(50-3,21-24-43)26-29-9-7-8-12-34(29)39/h4-18,25,30,40H,19-24,26-27H2,1-3H3,(H,41,45). The van der Waals surface area contributed by atoms with Crippen LogP contribution in [0.15, 0.2) is 107 Å². The van der Waals surface area contributed by atoms with Crippen molar-refractivity contribution in [3.63, 3.8) is 0 Å². The molecule has 11 nitrogen and oxygen atoms in total. The van der Waals surface area contributed by atoms with Crippen molar-refractivity contribution in [2.24, 2.45) is 0 Å². The Kier molecular flexibility index (Phi) is 12.9. The number of nitrogens with zero attached hydrogens (tertiary/aromatic N) is 3. The highest BCUT2D eigenvalue weighted by Crippen LogP contribution is 2.33. The molecule has 1 atom stereocenters. The molecule has 0 radical (unpaired) electrons. The number of anilines is 2. The van der Waals surface area contributed by atoms with Crippen LogP contribution in [0.2, 0.25) is 0 Å². The van der Waals surface area contributed by atoms with Crippen molar-refractivity contribution in [2.45, 2.75) is 47.1 Å². The van der Waals surface area contributed by atoms with Crippen molar-refractivity contribution in [1.29, 1.82) is 0 Å². The molecule has 52 heavy (non-hydrogen) atoms. The normalized spacial score (nSPS) is 14.9. The van der Waals surface area contributed by atoms with Gasteiger partial charge in [-0.2, -0.15) is 0 Å². The molecule has 1 unspecified atom stereocenters. The first-order valence-electron chi connectivity index (χ1n) is 17.0. The number of methoxy groups -OCH3 is 1. The van der Waals surface area contributed by atoms with E-state index in [4.69, 9.17) is 4.74 Å². The number of piperidine rings is 1. The highest BCUT2D eigenvalue weighted by atomic mass is 32.2. The van der Waals surface area contributed by atoms with Gasteiger partial charge in [-0.05, 0) is 100 Å². The number of carbonyl (C=O) groups excluding carboxylic acids is 1. The van der Waals surface area contributed by atoms with Gasteiger partial charge in [0.25, 0.3) is 21.6 Å². The van der Waals surface area contributed by atoms with Crippen LogP contribution in [0, 0.1) is 15.9 Å². The van der Waals surface area contributed by atoms with Gasteiger partial charge >= 0.3 is 0 Å². The quantitative estimate of drug-likeness (QED) is 0.0733. The number of rotatable bonds is 16. The zero-order valence-corrected chi connectivity index (χ0v) is 31.1. The number of amides is 1. The first kappa shape index (κ1) is 38.7. The molecule has 0 saturated carbocycles. The highest BCUT2D eigenvalue weighted by Gasteiger charge is 2.35. The lowest BCUT2D eigenvalue weighted by Gasteiger charge is -2.42. The van der Waals surface area contributed by atoms with E-state index in [0.29, 0.717) is 50.1 Å². The third kappa shape index (κ3) is 10.1. The van der Waals surface area contributed by atoms with E-state index in [9.17, 15) is 27.7 Å². The fourth-order valence-electron chi connectivity index (χ4n) is 6.17. The molecule has 5 rings (SSSR count). The van der Waals surface area contributed by atoms with Crippen LogP contribution >= 0.6 is 11.8 Å². The Morgan fingerprint density at radius 3 is 2.33 bits per heavy atom. The minimum atomic E-state index is -4.45. The molecule has 4 aromatic carbocycles. The molecule has 14 heteroatoms. The zero-order chi connectivity index (χ0) is 37.3. The first-order valence-corrected chi connectivity index (χ1v) is 19.4. The number of carbonyl (C=O) groups is 1. The first-order chi connectivity index (χ1) is 24.9. The van der Waals surface area contributed by atoms with Gasteiger partial charge in [0.05, 0.1) is 15.4 Å². The van der Waals surface area contributed by atoms with Gasteiger partial charge in [-0.15, -0.1) is 11.8 Å². The van der Waals surface area contributed by atoms with Crippen molar-refractivity contribution in [2.75, 3.05) is 56.8 Å². The molecule has 276 valence electrons. The van der Waals surface area contributed by atoms with Crippen LogP contribution in [-0.2, 0) is 21.2 Å². The van der Waals surface area contributed by atoms with E-state index in [0.717, 1.165) is 23.2 Å². The number of ether oxygens (including phenoxy) is 1. The summed E-state index contributed by atoms with van der Waals surface area (Å²) in [5.41, 5.74) is 0.861. The predicted molar refractivity (Wildman–Crippen MR) is 203 cm³/mol. The number of benzene rings is 4. The number of nitrogens with one attached hydrogen (secondary N) is 2. The van der Waals surface area contributed by atoms with Gasteiger partial charge in [-0.25, -0.2) is 17.5 Å². The maximum Gasteiger partial charge on any atom is 0.293 e. The molecule has 4 aromatic rings. The summed E-state index contributed by atoms with van der Waals surface area (Å²) in [5.74, 6) is -0.483. The Morgan fingerprint density at radius 2 is 1.69 bits per heavy atom. The third-order valence-corrected chi connectivity index (χ3v) is 11.8.